The van der Waals surface area contributed by atoms with Gasteiger partial charge in [-0.05, 0) is 37.0 Å². The van der Waals surface area contributed by atoms with Gasteiger partial charge in [-0.2, -0.15) is 0 Å². The molecule has 1 aliphatic rings. The number of methoxy groups -OCH3 is 2. The van der Waals surface area contributed by atoms with Crippen molar-refractivity contribution in [3.05, 3.63) is 23.8 Å². The zero-order valence-corrected chi connectivity index (χ0v) is 12.6. The number of benzene rings is 1. The van der Waals surface area contributed by atoms with Crippen LogP contribution in [0.5, 0.6) is 11.5 Å². The molecule has 0 heterocycles. The standard InChI is InChI=1S/C17H24O3/c1-4-12-6-5-7-13(10-12)17(18)15-11-14(19-2)8-9-16(15)20-3/h8-9,11-13H,4-7,10H2,1-3H3. The molecule has 2 rings (SSSR count). The molecular weight excluding hydrogens is 252 g/mol. The maximum atomic E-state index is 12.8. The number of hydrogen-bond donors (Lipinski definition) is 0. The zero-order chi connectivity index (χ0) is 14.5. The normalized spacial score (nSPS) is 22.4. The number of carbonyl (C=O) groups is 1. The van der Waals surface area contributed by atoms with E-state index in [9.17, 15) is 4.79 Å². The Bertz CT molecular complexity index is 467. The maximum Gasteiger partial charge on any atom is 0.169 e. The van der Waals surface area contributed by atoms with E-state index in [2.05, 4.69) is 6.92 Å². The molecule has 1 aromatic carbocycles. The first kappa shape index (κ1) is 14.9. The molecule has 0 spiro atoms. The first-order valence-electron chi connectivity index (χ1n) is 7.45. The number of carbonyl (C=O) groups excluding carboxylic acids is 1. The van der Waals surface area contributed by atoms with Gasteiger partial charge in [0.1, 0.15) is 11.5 Å². The highest BCUT2D eigenvalue weighted by Crippen LogP contribution is 2.35. The molecule has 2 unspecified atom stereocenters. The quantitative estimate of drug-likeness (QED) is 0.759. The smallest absolute Gasteiger partial charge is 0.169 e. The number of ether oxygens (including phenoxy) is 2. The molecule has 0 aliphatic heterocycles. The fourth-order valence-electron chi connectivity index (χ4n) is 3.13. The first-order chi connectivity index (χ1) is 9.69. The molecule has 0 saturated heterocycles. The van der Waals surface area contributed by atoms with Gasteiger partial charge in [0.2, 0.25) is 0 Å². The summed E-state index contributed by atoms with van der Waals surface area (Å²) in [6, 6.07) is 5.44. The van der Waals surface area contributed by atoms with Crippen LogP contribution in [0.3, 0.4) is 0 Å². The fourth-order valence-corrected chi connectivity index (χ4v) is 3.13. The van der Waals surface area contributed by atoms with Gasteiger partial charge in [-0.1, -0.05) is 26.2 Å². The largest absolute Gasteiger partial charge is 0.497 e. The fraction of sp³-hybridized carbons (Fsp3) is 0.588. The van der Waals surface area contributed by atoms with Gasteiger partial charge in [0.05, 0.1) is 19.8 Å². The molecule has 1 aromatic rings. The highest BCUT2D eigenvalue weighted by atomic mass is 16.5. The lowest BCUT2D eigenvalue weighted by molar-refractivity contribution is 0.0858. The summed E-state index contributed by atoms with van der Waals surface area (Å²) in [5, 5.41) is 0. The van der Waals surface area contributed by atoms with Gasteiger partial charge in [-0.15, -0.1) is 0 Å². The lowest BCUT2D eigenvalue weighted by Crippen LogP contribution is -2.23. The molecule has 1 aliphatic carbocycles. The molecule has 0 amide bonds. The Kier molecular flexibility index (Phi) is 5.05. The highest BCUT2D eigenvalue weighted by molar-refractivity contribution is 6.00. The van der Waals surface area contributed by atoms with Gasteiger partial charge in [0.25, 0.3) is 0 Å². The van der Waals surface area contributed by atoms with Crippen LogP contribution in [0.15, 0.2) is 18.2 Å². The Morgan fingerprint density at radius 2 is 2.05 bits per heavy atom. The van der Waals surface area contributed by atoms with E-state index >= 15 is 0 Å². The molecule has 20 heavy (non-hydrogen) atoms. The molecule has 1 saturated carbocycles. The molecule has 110 valence electrons. The SMILES string of the molecule is CCC1CCCC(C(=O)c2cc(OC)ccc2OC)C1. The van der Waals surface area contributed by atoms with Crippen molar-refractivity contribution >= 4 is 5.78 Å². The van der Waals surface area contributed by atoms with E-state index in [0.29, 0.717) is 23.0 Å². The van der Waals surface area contributed by atoms with Crippen molar-refractivity contribution in [1.29, 1.82) is 0 Å². The van der Waals surface area contributed by atoms with Crippen LogP contribution in [0.1, 0.15) is 49.4 Å². The van der Waals surface area contributed by atoms with E-state index in [1.54, 1.807) is 20.3 Å². The second-order valence-electron chi connectivity index (χ2n) is 5.57. The zero-order valence-electron chi connectivity index (χ0n) is 12.6. The molecule has 2 atom stereocenters. The van der Waals surface area contributed by atoms with Crippen LogP contribution in [-0.2, 0) is 0 Å². The Balaban J connectivity index is 2.23. The predicted molar refractivity (Wildman–Crippen MR) is 79.6 cm³/mol. The Hall–Kier alpha value is -1.51. The van der Waals surface area contributed by atoms with Crippen LogP contribution in [-0.4, -0.2) is 20.0 Å². The number of hydrogen-bond acceptors (Lipinski definition) is 3. The number of ketones is 1. The van der Waals surface area contributed by atoms with Gasteiger partial charge in [-0.3, -0.25) is 4.79 Å². The van der Waals surface area contributed by atoms with Gasteiger partial charge in [-0.25, -0.2) is 0 Å². The second kappa shape index (κ2) is 6.78. The summed E-state index contributed by atoms with van der Waals surface area (Å²) in [7, 11) is 3.22. The average molecular weight is 276 g/mol. The van der Waals surface area contributed by atoms with E-state index in [0.717, 1.165) is 19.3 Å². The van der Waals surface area contributed by atoms with Crippen molar-refractivity contribution < 1.29 is 14.3 Å². The Morgan fingerprint density at radius 1 is 1.25 bits per heavy atom. The first-order valence-corrected chi connectivity index (χ1v) is 7.45. The van der Waals surface area contributed by atoms with E-state index in [4.69, 9.17) is 9.47 Å². The molecule has 0 N–H and O–H groups in total. The number of rotatable bonds is 5. The lowest BCUT2D eigenvalue weighted by Gasteiger charge is -2.27. The van der Waals surface area contributed by atoms with Crippen molar-refractivity contribution in [1.82, 2.24) is 0 Å². The van der Waals surface area contributed by atoms with Crippen molar-refractivity contribution in [2.24, 2.45) is 11.8 Å². The molecule has 0 radical (unpaired) electrons. The summed E-state index contributed by atoms with van der Waals surface area (Å²) in [6.45, 7) is 2.21. The van der Waals surface area contributed by atoms with Gasteiger partial charge < -0.3 is 9.47 Å². The van der Waals surface area contributed by atoms with E-state index in [1.807, 2.05) is 12.1 Å². The molecule has 0 bridgehead atoms. The summed E-state index contributed by atoms with van der Waals surface area (Å²) < 4.78 is 10.6. The average Bonchev–Trinajstić information content (AvgIpc) is 2.53. The van der Waals surface area contributed by atoms with Gasteiger partial charge in [0, 0.05) is 5.92 Å². The van der Waals surface area contributed by atoms with Crippen molar-refractivity contribution in [3.63, 3.8) is 0 Å². The lowest BCUT2D eigenvalue weighted by atomic mass is 9.77. The van der Waals surface area contributed by atoms with E-state index < -0.39 is 0 Å². The van der Waals surface area contributed by atoms with Crippen molar-refractivity contribution in [2.75, 3.05) is 14.2 Å². The Labute approximate surface area is 121 Å². The second-order valence-corrected chi connectivity index (χ2v) is 5.57. The topological polar surface area (TPSA) is 35.5 Å². The summed E-state index contributed by atoms with van der Waals surface area (Å²) >= 11 is 0. The Morgan fingerprint density at radius 3 is 2.70 bits per heavy atom. The molecule has 1 fully saturated rings. The maximum absolute atomic E-state index is 12.8. The third kappa shape index (κ3) is 3.14. The van der Waals surface area contributed by atoms with Crippen LogP contribution < -0.4 is 9.47 Å². The van der Waals surface area contributed by atoms with E-state index in [1.165, 1.54) is 12.8 Å². The summed E-state index contributed by atoms with van der Waals surface area (Å²) in [5.74, 6) is 2.38. The van der Waals surface area contributed by atoms with Gasteiger partial charge in [0.15, 0.2) is 5.78 Å². The van der Waals surface area contributed by atoms with Crippen LogP contribution >= 0.6 is 0 Å². The van der Waals surface area contributed by atoms with Crippen molar-refractivity contribution in [3.8, 4) is 11.5 Å². The highest BCUT2D eigenvalue weighted by Gasteiger charge is 2.28. The summed E-state index contributed by atoms with van der Waals surface area (Å²) in [4.78, 5) is 12.8. The monoisotopic (exact) mass is 276 g/mol. The minimum Gasteiger partial charge on any atom is -0.497 e. The van der Waals surface area contributed by atoms with Crippen LogP contribution in [0.4, 0.5) is 0 Å². The summed E-state index contributed by atoms with van der Waals surface area (Å²) in [5.41, 5.74) is 0.661. The molecule has 0 aromatic heterocycles. The third-order valence-corrected chi connectivity index (χ3v) is 4.40. The van der Waals surface area contributed by atoms with Crippen LogP contribution in [0.25, 0.3) is 0 Å². The molecular formula is C17H24O3. The molecule has 3 nitrogen and oxygen atoms in total. The van der Waals surface area contributed by atoms with Crippen LogP contribution in [0, 0.1) is 11.8 Å². The summed E-state index contributed by atoms with van der Waals surface area (Å²) in [6.07, 6.45) is 5.58. The minimum atomic E-state index is 0.134. The van der Waals surface area contributed by atoms with Crippen molar-refractivity contribution in [2.45, 2.75) is 39.0 Å². The van der Waals surface area contributed by atoms with Gasteiger partial charge >= 0.3 is 0 Å². The molecule has 3 heteroatoms. The van der Waals surface area contributed by atoms with E-state index in [-0.39, 0.29) is 11.7 Å². The number of Topliss-reactive ketones (excluding diaryl/α,β-unsaturated/α-hetero) is 1. The van der Waals surface area contributed by atoms with Crippen LogP contribution in [0.2, 0.25) is 0 Å². The third-order valence-electron chi connectivity index (χ3n) is 4.40. The minimum absolute atomic E-state index is 0.134. The predicted octanol–water partition coefficient (Wildman–Crippen LogP) is 4.10.